The molecule has 1 N–H and O–H groups in total. The molecule has 8 nitrogen and oxygen atoms in total. The molecule has 0 aliphatic carbocycles. The van der Waals surface area contributed by atoms with Gasteiger partial charge < -0.3 is 19.5 Å². The summed E-state index contributed by atoms with van der Waals surface area (Å²) < 4.78 is 14.4. The maximum absolute atomic E-state index is 11.8. The molecule has 0 saturated heterocycles. The number of ether oxygens (including phenoxy) is 3. The third-order valence-electron chi connectivity index (χ3n) is 2.99. The Morgan fingerprint density at radius 2 is 1.74 bits per heavy atom. The summed E-state index contributed by atoms with van der Waals surface area (Å²) in [6.45, 7) is 6.04. The second kappa shape index (κ2) is 10.0. The average Bonchev–Trinajstić information content (AvgIpc) is 2.44. The SMILES string of the molecule is COC(=O)CCC(C(=O)OC)N(C)CCNC(=O)OC(C)(C)C. The minimum absolute atomic E-state index is 0.111. The van der Waals surface area contributed by atoms with Gasteiger partial charge in [-0.1, -0.05) is 0 Å². The van der Waals surface area contributed by atoms with Crippen LogP contribution in [0.15, 0.2) is 0 Å². The van der Waals surface area contributed by atoms with E-state index in [9.17, 15) is 14.4 Å². The average molecular weight is 332 g/mol. The van der Waals surface area contributed by atoms with Crippen molar-refractivity contribution < 1.29 is 28.6 Å². The quantitative estimate of drug-likeness (QED) is 0.522. The summed E-state index contributed by atoms with van der Waals surface area (Å²) in [6, 6.07) is -0.584. The number of carbonyl (C=O) groups excluding carboxylic acids is 3. The van der Waals surface area contributed by atoms with Crippen molar-refractivity contribution in [2.24, 2.45) is 0 Å². The van der Waals surface area contributed by atoms with Gasteiger partial charge in [-0.25, -0.2) is 4.79 Å². The summed E-state index contributed by atoms with van der Waals surface area (Å²) in [6.07, 6.45) is -0.127. The lowest BCUT2D eigenvalue weighted by molar-refractivity contribution is -0.147. The molecule has 0 rings (SSSR count). The largest absolute Gasteiger partial charge is 0.469 e. The smallest absolute Gasteiger partial charge is 0.407 e. The minimum Gasteiger partial charge on any atom is -0.469 e. The van der Waals surface area contributed by atoms with Gasteiger partial charge in [-0.3, -0.25) is 14.5 Å². The summed E-state index contributed by atoms with van der Waals surface area (Å²) in [5, 5.41) is 2.61. The second-order valence-corrected chi connectivity index (χ2v) is 6.06. The predicted molar refractivity (Wildman–Crippen MR) is 83.9 cm³/mol. The number of methoxy groups -OCH3 is 2. The molecule has 0 heterocycles. The fourth-order valence-electron chi connectivity index (χ4n) is 1.82. The minimum atomic E-state index is -0.584. The monoisotopic (exact) mass is 332 g/mol. The van der Waals surface area contributed by atoms with Crippen LogP contribution >= 0.6 is 0 Å². The van der Waals surface area contributed by atoms with Crippen molar-refractivity contribution in [3.63, 3.8) is 0 Å². The lowest BCUT2D eigenvalue weighted by Gasteiger charge is -2.26. The number of nitrogens with one attached hydrogen (secondary N) is 1. The molecule has 0 aliphatic heterocycles. The number of likely N-dealkylation sites (N-methyl/N-ethyl adjacent to an activating group) is 1. The number of hydrogen-bond acceptors (Lipinski definition) is 7. The standard InChI is InChI=1S/C15H28N2O6/c1-15(2,3)23-14(20)16-9-10-17(4)11(13(19)22-6)7-8-12(18)21-5/h11H,7-10H2,1-6H3,(H,16,20). The Morgan fingerprint density at radius 3 is 2.22 bits per heavy atom. The second-order valence-electron chi connectivity index (χ2n) is 6.06. The van der Waals surface area contributed by atoms with Crippen LogP contribution in [0.25, 0.3) is 0 Å². The van der Waals surface area contributed by atoms with Gasteiger partial charge in [0, 0.05) is 19.5 Å². The van der Waals surface area contributed by atoms with Crippen molar-refractivity contribution in [1.82, 2.24) is 10.2 Å². The fourth-order valence-corrected chi connectivity index (χ4v) is 1.82. The topological polar surface area (TPSA) is 94.2 Å². The van der Waals surface area contributed by atoms with Crippen LogP contribution in [-0.2, 0) is 23.8 Å². The zero-order chi connectivity index (χ0) is 18.0. The summed E-state index contributed by atoms with van der Waals surface area (Å²) in [7, 11) is 4.31. The molecule has 0 fully saturated rings. The van der Waals surface area contributed by atoms with E-state index in [-0.39, 0.29) is 18.8 Å². The van der Waals surface area contributed by atoms with Crippen molar-refractivity contribution in [2.45, 2.75) is 45.3 Å². The number of hydrogen-bond donors (Lipinski definition) is 1. The van der Waals surface area contributed by atoms with Crippen molar-refractivity contribution in [3.8, 4) is 0 Å². The van der Waals surface area contributed by atoms with E-state index < -0.39 is 23.7 Å². The zero-order valence-corrected chi connectivity index (χ0v) is 14.8. The molecule has 0 spiro atoms. The van der Waals surface area contributed by atoms with Gasteiger partial charge in [0.1, 0.15) is 11.6 Å². The van der Waals surface area contributed by atoms with Gasteiger partial charge in [-0.15, -0.1) is 0 Å². The zero-order valence-electron chi connectivity index (χ0n) is 14.8. The Balaban J connectivity index is 4.38. The van der Waals surface area contributed by atoms with Crippen LogP contribution in [0.3, 0.4) is 0 Å². The van der Waals surface area contributed by atoms with Gasteiger partial charge >= 0.3 is 18.0 Å². The number of amides is 1. The van der Waals surface area contributed by atoms with E-state index in [2.05, 4.69) is 10.1 Å². The van der Waals surface area contributed by atoms with Crippen molar-refractivity contribution in [2.75, 3.05) is 34.4 Å². The molecule has 134 valence electrons. The number of carbonyl (C=O) groups is 3. The Morgan fingerprint density at radius 1 is 1.13 bits per heavy atom. The summed E-state index contributed by atoms with van der Waals surface area (Å²) in [4.78, 5) is 36.3. The molecular weight excluding hydrogens is 304 g/mol. The first kappa shape index (κ1) is 21.2. The Bertz CT molecular complexity index is 405. The van der Waals surface area contributed by atoms with E-state index in [1.54, 1.807) is 32.7 Å². The molecule has 0 saturated carbocycles. The van der Waals surface area contributed by atoms with E-state index >= 15 is 0 Å². The van der Waals surface area contributed by atoms with Gasteiger partial charge in [0.2, 0.25) is 0 Å². The first-order valence-electron chi connectivity index (χ1n) is 7.42. The molecule has 0 aromatic rings. The first-order valence-corrected chi connectivity index (χ1v) is 7.42. The van der Waals surface area contributed by atoms with Gasteiger partial charge in [-0.2, -0.15) is 0 Å². The molecule has 1 amide bonds. The maximum Gasteiger partial charge on any atom is 0.407 e. The molecule has 0 radical (unpaired) electrons. The van der Waals surface area contributed by atoms with Crippen LogP contribution < -0.4 is 5.32 Å². The molecule has 0 aliphatic rings. The molecule has 1 atom stereocenters. The van der Waals surface area contributed by atoms with Crippen LogP contribution in [0.2, 0.25) is 0 Å². The predicted octanol–water partition coefficient (Wildman–Crippen LogP) is 0.938. The van der Waals surface area contributed by atoms with Crippen molar-refractivity contribution in [1.29, 1.82) is 0 Å². The molecule has 0 aromatic heterocycles. The number of rotatable bonds is 8. The van der Waals surface area contributed by atoms with E-state index in [4.69, 9.17) is 9.47 Å². The van der Waals surface area contributed by atoms with Crippen molar-refractivity contribution in [3.05, 3.63) is 0 Å². The first-order chi connectivity index (χ1) is 10.6. The van der Waals surface area contributed by atoms with Crippen LogP contribution in [0.4, 0.5) is 4.79 Å². The highest BCUT2D eigenvalue weighted by Gasteiger charge is 2.25. The van der Waals surface area contributed by atoms with Crippen LogP contribution in [0.5, 0.6) is 0 Å². The van der Waals surface area contributed by atoms with E-state index in [0.29, 0.717) is 13.1 Å². The van der Waals surface area contributed by atoms with Gasteiger partial charge in [-0.05, 0) is 34.2 Å². The third-order valence-corrected chi connectivity index (χ3v) is 2.99. The highest BCUT2D eigenvalue weighted by molar-refractivity contribution is 5.77. The lowest BCUT2D eigenvalue weighted by Crippen LogP contribution is -2.44. The van der Waals surface area contributed by atoms with Gasteiger partial charge in [0.25, 0.3) is 0 Å². The third kappa shape index (κ3) is 9.72. The van der Waals surface area contributed by atoms with E-state index in [1.165, 1.54) is 14.2 Å². The molecule has 0 aromatic carbocycles. The molecular formula is C15H28N2O6. The lowest BCUT2D eigenvalue weighted by atomic mass is 10.1. The Hall–Kier alpha value is -1.83. The van der Waals surface area contributed by atoms with Crippen LogP contribution in [-0.4, -0.2) is 68.9 Å². The molecule has 8 heteroatoms. The number of esters is 2. The maximum atomic E-state index is 11.8. The normalized spacial score (nSPS) is 12.5. The highest BCUT2D eigenvalue weighted by Crippen LogP contribution is 2.09. The summed E-state index contributed by atoms with van der Waals surface area (Å²) >= 11 is 0. The highest BCUT2D eigenvalue weighted by atomic mass is 16.6. The molecule has 1 unspecified atom stereocenters. The molecule has 0 bridgehead atoms. The van der Waals surface area contributed by atoms with Crippen LogP contribution in [0.1, 0.15) is 33.6 Å². The Kier molecular flexibility index (Phi) is 9.24. The van der Waals surface area contributed by atoms with Gasteiger partial charge in [0.05, 0.1) is 14.2 Å². The summed E-state index contributed by atoms with van der Waals surface area (Å²) in [5.41, 5.74) is -0.564. The van der Waals surface area contributed by atoms with Crippen molar-refractivity contribution >= 4 is 18.0 Å². The molecule has 23 heavy (non-hydrogen) atoms. The van der Waals surface area contributed by atoms with E-state index in [1.807, 2.05) is 0 Å². The summed E-state index contributed by atoms with van der Waals surface area (Å²) in [5.74, 6) is -0.826. The number of nitrogens with zero attached hydrogens (tertiary/aromatic N) is 1. The van der Waals surface area contributed by atoms with E-state index in [0.717, 1.165) is 0 Å². The van der Waals surface area contributed by atoms with Gasteiger partial charge in [0.15, 0.2) is 0 Å². The Labute approximate surface area is 137 Å². The fraction of sp³-hybridized carbons (Fsp3) is 0.800. The van der Waals surface area contributed by atoms with Crippen LogP contribution in [0, 0.1) is 0 Å². The number of alkyl carbamates (subject to hydrolysis) is 1.